The van der Waals surface area contributed by atoms with Gasteiger partial charge in [-0.05, 0) is 30.7 Å². The molecule has 0 aliphatic rings. The van der Waals surface area contributed by atoms with Gasteiger partial charge >= 0.3 is 5.97 Å². The van der Waals surface area contributed by atoms with E-state index in [0.717, 1.165) is 15.7 Å². The van der Waals surface area contributed by atoms with E-state index in [-0.39, 0.29) is 24.6 Å². The third-order valence-corrected chi connectivity index (χ3v) is 4.48. The van der Waals surface area contributed by atoms with Gasteiger partial charge < -0.3 is 10.4 Å². The van der Waals surface area contributed by atoms with E-state index >= 15 is 0 Å². The van der Waals surface area contributed by atoms with Gasteiger partial charge in [0.2, 0.25) is 0 Å². The highest BCUT2D eigenvalue weighted by Gasteiger charge is 2.15. The number of rotatable bonds is 7. The number of benzene rings is 1. The van der Waals surface area contributed by atoms with Crippen LogP contribution < -0.4 is 5.32 Å². The molecule has 1 amide bonds. The smallest absolute Gasteiger partial charge is 0.305 e. The van der Waals surface area contributed by atoms with Gasteiger partial charge in [-0.3, -0.25) is 19.0 Å². The Labute approximate surface area is 163 Å². The highest BCUT2D eigenvalue weighted by atomic mass is 79.9. The van der Waals surface area contributed by atoms with Crippen molar-refractivity contribution in [3.63, 3.8) is 0 Å². The molecule has 0 fully saturated rings. The van der Waals surface area contributed by atoms with Gasteiger partial charge in [-0.25, -0.2) is 0 Å². The molecule has 3 aromatic rings. The minimum absolute atomic E-state index is 0.108. The van der Waals surface area contributed by atoms with E-state index in [1.165, 1.54) is 10.9 Å². The first-order valence-corrected chi connectivity index (χ1v) is 9.05. The number of hydrogen-bond acceptors (Lipinski definition) is 4. The summed E-state index contributed by atoms with van der Waals surface area (Å²) < 4.78 is 4.19. The van der Waals surface area contributed by atoms with Gasteiger partial charge in [0.05, 0.1) is 19.5 Å². The van der Waals surface area contributed by atoms with Gasteiger partial charge in [0.15, 0.2) is 5.82 Å². The molecule has 0 saturated carbocycles. The molecule has 0 aliphatic heterocycles. The number of aliphatic carboxylic acids is 1. The van der Waals surface area contributed by atoms with Crippen LogP contribution >= 0.6 is 15.9 Å². The highest BCUT2D eigenvalue weighted by Crippen LogP contribution is 2.15. The summed E-state index contributed by atoms with van der Waals surface area (Å²) in [5.41, 5.74) is 2.29. The molecule has 3 rings (SSSR count). The fourth-order valence-electron chi connectivity index (χ4n) is 2.58. The molecule has 2 heterocycles. The lowest BCUT2D eigenvalue weighted by Crippen LogP contribution is -2.19. The SMILES string of the molecule is Cc1cc(NC(=O)c2ccnn2CCC(=O)O)nn1Cc1ccc(Br)cc1. The Bertz CT molecular complexity index is 962. The number of anilines is 1. The molecular weight excluding hydrogens is 414 g/mol. The second-order valence-corrected chi connectivity index (χ2v) is 6.91. The molecule has 27 heavy (non-hydrogen) atoms. The zero-order chi connectivity index (χ0) is 19.4. The quantitative estimate of drug-likeness (QED) is 0.598. The van der Waals surface area contributed by atoms with Crippen LogP contribution in [0.3, 0.4) is 0 Å². The number of hydrogen-bond donors (Lipinski definition) is 2. The topological polar surface area (TPSA) is 102 Å². The Kier molecular flexibility index (Phi) is 5.70. The lowest BCUT2D eigenvalue weighted by Gasteiger charge is -2.06. The molecule has 9 heteroatoms. The maximum Gasteiger partial charge on any atom is 0.305 e. The first-order chi connectivity index (χ1) is 12.9. The van der Waals surface area contributed by atoms with Crippen molar-refractivity contribution in [2.45, 2.75) is 26.4 Å². The molecule has 0 radical (unpaired) electrons. The van der Waals surface area contributed by atoms with Crippen molar-refractivity contribution in [2.75, 3.05) is 5.32 Å². The van der Waals surface area contributed by atoms with Crippen molar-refractivity contribution in [1.82, 2.24) is 19.6 Å². The van der Waals surface area contributed by atoms with Gasteiger partial charge in [0.25, 0.3) is 5.91 Å². The number of halogens is 1. The van der Waals surface area contributed by atoms with E-state index in [1.54, 1.807) is 16.8 Å². The summed E-state index contributed by atoms with van der Waals surface area (Å²) in [6.07, 6.45) is 1.36. The molecule has 0 bridgehead atoms. The number of nitrogens with zero attached hydrogens (tertiary/aromatic N) is 4. The summed E-state index contributed by atoms with van der Waals surface area (Å²) in [5, 5.41) is 20.0. The fraction of sp³-hybridized carbons (Fsp3) is 0.222. The number of carbonyl (C=O) groups excluding carboxylic acids is 1. The van der Waals surface area contributed by atoms with E-state index in [1.807, 2.05) is 31.2 Å². The van der Waals surface area contributed by atoms with E-state index in [2.05, 4.69) is 31.4 Å². The number of aromatic nitrogens is 4. The molecular formula is C18H18BrN5O3. The molecule has 1 aromatic carbocycles. The zero-order valence-electron chi connectivity index (χ0n) is 14.6. The van der Waals surface area contributed by atoms with Crippen LogP contribution in [0.4, 0.5) is 5.82 Å². The summed E-state index contributed by atoms with van der Waals surface area (Å²) >= 11 is 3.41. The molecule has 2 aromatic heterocycles. The average molecular weight is 432 g/mol. The summed E-state index contributed by atoms with van der Waals surface area (Å²) in [6.45, 7) is 2.63. The number of aryl methyl sites for hydroxylation is 2. The number of nitrogens with one attached hydrogen (secondary N) is 1. The van der Waals surface area contributed by atoms with Crippen LogP contribution in [0.5, 0.6) is 0 Å². The molecule has 8 nitrogen and oxygen atoms in total. The fourth-order valence-corrected chi connectivity index (χ4v) is 2.84. The normalized spacial score (nSPS) is 10.7. The van der Waals surface area contributed by atoms with Crippen LogP contribution in [-0.2, 0) is 17.9 Å². The van der Waals surface area contributed by atoms with Crippen LogP contribution in [0, 0.1) is 6.92 Å². The first kappa shape index (κ1) is 18.8. The van der Waals surface area contributed by atoms with Crippen molar-refractivity contribution >= 4 is 33.6 Å². The van der Waals surface area contributed by atoms with Gasteiger partial charge in [0.1, 0.15) is 5.69 Å². The molecule has 0 spiro atoms. The summed E-state index contributed by atoms with van der Waals surface area (Å²) in [4.78, 5) is 23.2. The summed E-state index contributed by atoms with van der Waals surface area (Å²) in [5.74, 6) is -0.897. The molecule has 140 valence electrons. The van der Waals surface area contributed by atoms with Crippen molar-refractivity contribution in [3.8, 4) is 0 Å². The predicted molar refractivity (Wildman–Crippen MR) is 103 cm³/mol. The van der Waals surface area contributed by atoms with Gasteiger partial charge in [-0.2, -0.15) is 10.2 Å². The lowest BCUT2D eigenvalue weighted by molar-refractivity contribution is -0.137. The molecule has 0 aliphatic carbocycles. The van der Waals surface area contributed by atoms with E-state index < -0.39 is 5.97 Å². The van der Waals surface area contributed by atoms with Crippen LogP contribution in [0.15, 0.2) is 47.1 Å². The number of carboxylic acids is 1. The average Bonchev–Trinajstić information content (AvgIpc) is 3.22. The third-order valence-electron chi connectivity index (χ3n) is 3.96. The Morgan fingerprint density at radius 3 is 2.63 bits per heavy atom. The largest absolute Gasteiger partial charge is 0.481 e. The number of carbonyl (C=O) groups is 2. The Morgan fingerprint density at radius 1 is 1.19 bits per heavy atom. The van der Waals surface area contributed by atoms with Crippen molar-refractivity contribution < 1.29 is 14.7 Å². The lowest BCUT2D eigenvalue weighted by atomic mass is 10.2. The van der Waals surface area contributed by atoms with Crippen molar-refractivity contribution in [1.29, 1.82) is 0 Å². The van der Waals surface area contributed by atoms with Crippen molar-refractivity contribution in [3.05, 3.63) is 64.0 Å². The van der Waals surface area contributed by atoms with Crippen LogP contribution in [0.25, 0.3) is 0 Å². The van der Waals surface area contributed by atoms with Crippen LogP contribution in [-0.4, -0.2) is 36.5 Å². The number of carboxylic acid groups (broad SMARTS) is 1. The van der Waals surface area contributed by atoms with E-state index in [0.29, 0.717) is 12.4 Å². The van der Waals surface area contributed by atoms with Crippen molar-refractivity contribution in [2.24, 2.45) is 0 Å². The van der Waals surface area contributed by atoms with Gasteiger partial charge in [0, 0.05) is 22.4 Å². The minimum Gasteiger partial charge on any atom is -0.481 e. The molecule has 0 unspecified atom stereocenters. The summed E-state index contributed by atoms with van der Waals surface area (Å²) in [7, 11) is 0. The Morgan fingerprint density at radius 2 is 1.93 bits per heavy atom. The maximum absolute atomic E-state index is 12.5. The van der Waals surface area contributed by atoms with Gasteiger partial charge in [-0.1, -0.05) is 28.1 Å². The Balaban J connectivity index is 1.69. The maximum atomic E-state index is 12.5. The second kappa shape index (κ2) is 8.17. The van der Waals surface area contributed by atoms with Crippen LogP contribution in [0.2, 0.25) is 0 Å². The van der Waals surface area contributed by atoms with Gasteiger partial charge in [-0.15, -0.1) is 0 Å². The zero-order valence-corrected chi connectivity index (χ0v) is 16.2. The van der Waals surface area contributed by atoms with Crippen LogP contribution in [0.1, 0.15) is 28.2 Å². The first-order valence-electron chi connectivity index (χ1n) is 8.26. The standard InChI is InChI=1S/C18H18BrN5O3/c1-12-10-16(22-24(12)11-13-2-4-14(19)5-3-13)21-18(27)15-6-8-20-23(15)9-7-17(25)26/h2-6,8,10H,7,9,11H2,1H3,(H,25,26)(H,21,22,27). The Hall–Kier alpha value is -2.94. The third kappa shape index (κ3) is 4.82. The monoisotopic (exact) mass is 431 g/mol. The number of amides is 1. The predicted octanol–water partition coefficient (Wildman–Crippen LogP) is 2.93. The second-order valence-electron chi connectivity index (χ2n) is 5.99. The summed E-state index contributed by atoms with van der Waals surface area (Å²) in [6, 6.07) is 11.3. The van der Waals surface area contributed by atoms with E-state index in [4.69, 9.17) is 5.11 Å². The minimum atomic E-state index is -0.945. The molecule has 0 atom stereocenters. The highest BCUT2D eigenvalue weighted by molar-refractivity contribution is 9.10. The molecule has 2 N–H and O–H groups in total. The van der Waals surface area contributed by atoms with E-state index in [9.17, 15) is 9.59 Å². The molecule has 0 saturated heterocycles.